The Labute approximate surface area is 113 Å². The van der Waals surface area contributed by atoms with Crippen LogP contribution in [0.15, 0.2) is 18.2 Å². The van der Waals surface area contributed by atoms with Crippen LogP contribution in [0, 0.1) is 5.92 Å². The van der Waals surface area contributed by atoms with Gasteiger partial charge in [0, 0.05) is 12.0 Å². The standard InChI is InChI=1S/C15H20O4/c1-17-11-5-9(6-12(7-11)18-2)15(16)13-8-10-3-4-14(13)19-10/h5-7,10,13-16H,3-4,8H2,1-2H3. The Kier molecular flexibility index (Phi) is 3.37. The summed E-state index contributed by atoms with van der Waals surface area (Å²) in [4.78, 5) is 0. The highest BCUT2D eigenvalue weighted by atomic mass is 16.5. The zero-order chi connectivity index (χ0) is 13.4. The average molecular weight is 264 g/mol. The van der Waals surface area contributed by atoms with Crippen LogP contribution in [0.2, 0.25) is 0 Å². The van der Waals surface area contributed by atoms with E-state index in [0.29, 0.717) is 17.6 Å². The van der Waals surface area contributed by atoms with Crippen LogP contribution in [0.4, 0.5) is 0 Å². The maximum absolute atomic E-state index is 10.6. The molecule has 2 fully saturated rings. The molecule has 0 saturated carbocycles. The molecule has 0 radical (unpaired) electrons. The Morgan fingerprint density at radius 2 is 1.84 bits per heavy atom. The number of aliphatic hydroxyl groups is 1. The number of hydrogen-bond acceptors (Lipinski definition) is 4. The van der Waals surface area contributed by atoms with E-state index in [0.717, 1.165) is 24.8 Å². The zero-order valence-electron chi connectivity index (χ0n) is 11.3. The van der Waals surface area contributed by atoms with Gasteiger partial charge in [-0.05, 0) is 37.0 Å². The first-order valence-electron chi connectivity index (χ1n) is 6.77. The molecule has 0 spiro atoms. The molecule has 4 heteroatoms. The first kappa shape index (κ1) is 12.8. The molecule has 4 atom stereocenters. The smallest absolute Gasteiger partial charge is 0.122 e. The van der Waals surface area contributed by atoms with E-state index >= 15 is 0 Å². The van der Waals surface area contributed by atoms with Gasteiger partial charge >= 0.3 is 0 Å². The second-order valence-electron chi connectivity index (χ2n) is 5.36. The van der Waals surface area contributed by atoms with E-state index in [1.807, 2.05) is 18.2 Å². The number of ether oxygens (including phenoxy) is 3. The summed E-state index contributed by atoms with van der Waals surface area (Å²) >= 11 is 0. The van der Waals surface area contributed by atoms with Crippen LogP contribution in [-0.2, 0) is 4.74 Å². The molecule has 0 aliphatic carbocycles. The van der Waals surface area contributed by atoms with Crippen molar-refractivity contribution < 1.29 is 19.3 Å². The van der Waals surface area contributed by atoms with Gasteiger partial charge in [-0.1, -0.05) is 0 Å². The molecule has 2 heterocycles. The predicted octanol–water partition coefficient (Wildman–Crippen LogP) is 2.30. The molecular weight excluding hydrogens is 244 g/mol. The lowest BCUT2D eigenvalue weighted by Crippen LogP contribution is -2.23. The maximum Gasteiger partial charge on any atom is 0.122 e. The van der Waals surface area contributed by atoms with E-state index in [1.54, 1.807) is 14.2 Å². The van der Waals surface area contributed by atoms with Gasteiger partial charge in [0.25, 0.3) is 0 Å². The van der Waals surface area contributed by atoms with Gasteiger partial charge in [-0.25, -0.2) is 0 Å². The van der Waals surface area contributed by atoms with Gasteiger partial charge in [0.05, 0.1) is 32.5 Å². The fourth-order valence-electron chi connectivity index (χ4n) is 3.26. The minimum absolute atomic E-state index is 0.190. The lowest BCUT2D eigenvalue weighted by Gasteiger charge is -2.25. The molecule has 4 nitrogen and oxygen atoms in total. The molecule has 104 valence electrons. The summed E-state index contributed by atoms with van der Waals surface area (Å²) in [5, 5.41) is 10.6. The number of hydrogen-bond donors (Lipinski definition) is 1. The van der Waals surface area contributed by atoms with E-state index in [9.17, 15) is 5.11 Å². The zero-order valence-corrected chi connectivity index (χ0v) is 11.3. The Morgan fingerprint density at radius 1 is 1.16 bits per heavy atom. The lowest BCUT2D eigenvalue weighted by molar-refractivity contribution is 0.0421. The van der Waals surface area contributed by atoms with Crippen molar-refractivity contribution in [2.75, 3.05) is 14.2 Å². The van der Waals surface area contributed by atoms with Crippen LogP contribution in [0.3, 0.4) is 0 Å². The quantitative estimate of drug-likeness (QED) is 0.906. The van der Waals surface area contributed by atoms with Crippen LogP contribution >= 0.6 is 0 Å². The fraction of sp³-hybridized carbons (Fsp3) is 0.600. The molecule has 4 unspecified atom stereocenters. The average Bonchev–Trinajstić information content (AvgIpc) is 3.08. The molecule has 2 aliphatic heterocycles. The molecule has 1 aromatic rings. The lowest BCUT2D eigenvalue weighted by atomic mass is 9.82. The number of aliphatic hydroxyl groups excluding tert-OH is 1. The number of rotatable bonds is 4. The summed E-state index contributed by atoms with van der Waals surface area (Å²) in [7, 11) is 3.23. The van der Waals surface area contributed by atoms with Crippen LogP contribution in [0.25, 0.3) is 0 Å². The van der Waals surface area contributed by atoms with Crippen LogP contribution in [0.5, 0.6) is 11.5 Å². The van der Waals surface area contributed by atoms with Crippen LogP contribution < -0.4 is 9.47 Å². The van der Waals surface area contributed by atoms with Gasteiger partial charge in [0.1, 0.15) is 11.5 Å². The summed E-state index contributed by atoms with van der Waals surface area (Å²) in [6.45, 7) is 0. The molecule has 2 bridgehead atoms. The Balaban J connectivity index is 1.84. The van der Waals surface area contributed by atoms with E-state index in [2.05, 4.69) is 0 Å². The monoisotopic (exact) mass is 264 g/mol. The summed E-state index contributed by atoms with van der Waals surface area (Å²) in [6.07, 6.45) is 3.18. The second-order valence-corrected chi connectivity index (χ2v) is 5.36. The summed E-state index contributed by atoms with van der Waals surface area (Å²) in [5.74, 6) is 1.60. The van der Waals surface area contributed by atoms with Crippen LogP contribution in [-0.4, -0.2) is 31.5 Å². The van der Waals surface area contributed by atoms with Crippen molar-refractivity contribution in [2.24, 2.45) is 5.92 Å². The minimum Gasteiger partial charge on any atom is -0.497 e. The van der Waals surface area contributed by atoms with E-state index in [1.165, 1.54) is 0 Å². The minimum atomic E-state index is -0.515. The molecule has 19 heavy (non-hydrogen) atoms. The van der Waals surface area contributed by atoms with Gasteiger partial charge in [0.2, 0.25) is 0 Å². The third-order valence-electron chi connectivity index (χ3n) is 4.27. The van der Waals surface area contributed by atoms with Crippen molar-refractivity contribution in [3.8, 4) is 11.5 Å². The molecule has 2 saturated heterocycles. The van der Waals surface area contributed by atoms with Gasteiger partial charge in [-0.3, -0.25) is 0 Å². The van der Waals surface area contributed by atoms with E-state index < -0.39 is 6.10 Å². The summed E-state index contributed by atoms with van der Waals surface area (Å²) in [5.41, 5.74) is 0.845. The summed E-state index contributed by atoms with van der Waals surface area (Å²) < 4.78 is 16.3. The van der Waals surface area contributed by atoms with Gasteiger partial charge < -0.3 is 19.3 Å². The normalized spacial score (nSPS) is 30.4. The number of methoxy groups -OCH3 is 2. The number of fused-ring (bicyclic) bond motifs is 2. The van der Waals surface area contributed by atoms with Gasteiger partial charge in [0.15, 0.2) is 0 Å². The molecule has 0 amide bonds. The van der Waals surface area contributed by atoms with Crippen molar-refractivity contribution in [1.82, 2.24) is 0 Å². The SMILES string of the molecule is COc1cc(OC)cc(C(O)C2CC3CCC2O3)c1. The van der Waals surface area contributed by atoms with E-state index in [-0.39, 0.29) is 12.0 Å². The number of benzene rings is 1. The Hall–Kier alpha value is -1.26. The van der Waals surface area contributed by atoms with Crippen molar-refractivity contribution in [2.45, 2.75) is 37.6 Å². The molecule has 2 aliphatic rings. The van der Waals surface area contributed by atoms with E-state index in [4.69, 9.17) is 14.2 Å². The Bertz CT molecular complexity index is 437. The molecule has 3 rings (SSSR count). The highest BCUT2D eigenvalue weighted by Crippen LogP contribution is 2.45. The molecular formula is C15H20O4. The van der Waals surface area contributed by atoms with Crippen molar-refractivity contribution >= 4 is 0 Å². The maximum atomic E-state index is 10.6. The predicted molar refractivity (Wildman–Crippen MR) is 70.5 cm³/mol. The second kappa shape index (κ2) is 5.02. The van der Waals surface area contributed by atoms with Crippen molar-refractivity contribution in [1.29, 1.82) is 0 Å². The fourth-order valence-corrected chi connectivity index (χ4v) is 3.26. The van der Waals surface area contributed by atoms with Gasteiger partial charge in [-0.15, -0.1) is 0 Å². The molecule has 1 N–H and O–H groups in total. The topological polar surface area (TPSA) is 47.9 Å². The largest absolute Gasteiger partial charge is 0.497 e. The first-order valence-corrected chi connectivity index (χ1v) is 6.77. The van der Waals surface area contributed by atoms with Gasteiger partial charge in [-0.2, -0.15) is 0 Å². The summed E-state index contributed by atoms with van der Waals surface area (Å²) in [6, 6.07) is 5.56. The third-order valence-corrected chi connectivity index (χ3v) is 4.27. The Morgan fingerprint density at radius 3 is 2.32 bits per heavy atom. The third kappa shape index (κ3) is 2.30. The van der Waals surface area contributed by atoms with Crippen molar-refractivity contribution in [3.05, 3.63) is 23.8 Å². The highest BCUT2D eigenvalue weighted by Gasteiger charge is 2.44. The van der Waals surface area contributed by atoms with Crippen LogP contribution in [0.1, 0.15) is 30.9 Å². The first-order chi connectivity index (χ1) is 9.21. The molecule has 1 aromatic carbocycles. The molecule has 0 aromatic heterocycles. The highest BCUT2D eigenvalue weighted by molar-refractivity contribution is 5.39. The van der Waals surface area contributed by atoms with Crippen molar-refractivity contribution in [3.63, 3.8) is 0 Å².